The van der Waals surface area contributed by atoms with Crippen molar-refractivity contribution in [3.05, 3.63) is 22.8 Å². The number of carbonyl (C=O) groups is 1. The zero-order valence-electron chi connectivity index (χ0n) is 13.5. The van der Waals surface area contributed by atoms with E-state index in [1.807, 2.05) is 11.8 Å². The summed E-state index contributed by atoms with van der Waals surface area (Å²) < 4.78 is 5.06. The molecule has 0 aliphatic carbocycles. The lowest BCUT2D eigenvalue weighted by Gasteiger charge is -2.34. The molecule has 0 aromatic carbocycles. The Bertz CT molecular complexity index is 660. The highest BCUT2D eigenvalue weighted by atomic mass is 32.1. The van der Waals surface area contributed by atoms with Gasteiger partial charge in [-0.05, 0) is 20.3 Å². The lowest BCUT2D eigenvalue weighted by atomic mass is 10.2. The smallest absolute Gasteiger partial charge is 0.226 e. The van der Waals surface area contributed by atoms with Gasteiger partial charge < -0.3 is 14.3 Å². The predicted octanol–water partition coefficient (Wildman–Crippen LogP) is 1.81. The minimum absolute atomic E-state index is 0.205. The second-order valence-corrected chi connectivity index (χ2v) is 6.56. The molecule has 1 saturated heterocycles. The van der Waals surface area contributed by atoms with Crippen LogP contribution >= 0.6 is 11.3 Å². The van der Waals surface area contributed by atoms with E-state index in [4.69, 9.17) is 4.52 Å². The van der Waals surface area contributed by atoms with Crippen LogP contribution in [0, 0.1) is 13.8 Å². The summed E-state index contributed by atoms with van der Waals surface area (Å²) in [6, 6.07) is 0. The molecule has 1 fully saturated rings. The van der Waals surface area contributed by atoms with Crippen molar-refractivity contribution in [2.24, 2.45) is 0 Å². The molecule has 23 heavy (non-hydrogen) atoms. The van der Waals surface area contributed by atoms with Gasteiger partial charge in [-0.1, -0.05) is 5.16 Å². The maximum absolute atomic E-state index is 12.3. The van der Waals surface area contributed by atoms with Crippen molar-refractivity contribution in [2.45, 2.75) is 33.1 Å². The molecular weight excluding hydrogens is 314 g/mol. The van der Waals surface area contributed by atoms with Crippen molar-refractivity contribution >= 4 is 22.4 Å². The quantitative estimate of drug-likeness (QED) is 0.829. The number of aromatic nitrogens is 3. The predicted molar refractivity (Wildman–Crippen MR) is 87.6 cm³/mol. The van der Waals surface area contributed by atoms with E-state index in [-0.39, 0.29) is 5.91 Å². The highest BCUT2D eigenvalue weighted by Crippen LogP contribution is 2.21. The molecule has 7 nitrogen and oxygen atoms in total. The number of anilines is 1. The fourth-order valence-electron chi connectivity index (χ4n) is 2.62. The summed E-state index contributed by atoms with van der Waals surface area (Å²) >= 11 is 1.67. The van der Waals surface area contributed by atoms with Gasteiger partial charge in [-0.25, -0.2) is 4.98 Å². The summed E-state index contributed by atoms with van der Waals surface area (Å²) in [5.74, 6) is 1.45. The summed E-state index contributed by atoms with van der Waals surface area (Å²) in [7, 11) is 0. The van der Waals surface area contributed by atoms with Gasteiger partial charge in [0.2, 0.25) is 11.8 Å². The van der Waals surface area contributed by atoms with E-state index in [9.17, 15) is 4.79 Å². The Kier molecular flexibility index (Phi) is 4.90. The van der Waals surface area contributed by atoms with Crippen LogP contribution in [0.15, 0.2) is 9.90 Å². The Morgan fingerprint density at radius 3 is 2.65 bits per heavy atom. The Morgan fingerprint density at radius 2 is 2.04 bits per heavy atom. The van der Waals surface area contributed by atoms with Gasteiger partial charge in [0, 0.05) is 44.4 Å². The van der Waals surface area contributed by atoms with E-state index in [1.54, 1.807) is 18.3 Å². The van der Waals surface area contributed by atoms with E-state index in [0.717, 1.165) is 43.4 Å². The van der Waals surface area contributed by atoms with Gasteiger partial charge in [-0.3, -0.25) is 4.79 Å². The molecule has 3 rings (SSSR count). The maximum atomic E-state index is 12.3. The van der Waals surface area contributed by atoms with Crippen LogP contribution in [-0.4, -0.2) is 52.1 Å². The first kappa shape index (κ1) is 15.9. The van der Waals surface area contributed by atoms with Gasteiger partial charge in [0.05, 0.1) is 5.69 Å². The van der Waals surface area contributed by atoms with Crippen molar-refractivity contribution in [3.8, 4) is 0 Å². The second-order valence-electron chi connectivity index (χ2n) is 5.73. The Labute approximate surface area is 139 Å². The van der Waals surface area contributed by atoms with E-state index < -0.39 is 0 Å². The van der Waals surface area contributed by atoms with Crippen LogP contribution in [0.5, 0.6) is 0 Å². The molecule has 2 aromatic heterocycles. The normalized spacial score (nSPS) is 15.2. The largest absolute Gasteiger partial charge is 0.345 e. The third kappa shape index (κ3) is 4.07. The highest BCUT2D eigenvalue weighted by molar-refractivity contribution is 7.13. The lowest BCUT2D eigenvalue weighted by molar-refractivity contribution is -0.131. The summed E-state index contributed by atoms with van der Waals surface area (Å²) in [6.07, 6.45) is 1.93. The van der Waals surface area contributed by atoms with Gasteiger partial charge in [-0.2, -0.15) is 4.98 Å². The molecule has 124 valence electrons. The number of thiazole rings is 1. The molecular formula is C15H21N5O2S. The minimum atomic E-state index is 0.205. The Hall–Kier alpha value is -1.96. The summed E-state index contributed by atoms with van der Waals surface area (Å²) in [6.45, 7) is 7.02. The number of rotatable bonds is 5. The number of piperazine rings is 1. The number of aryl methyl sites for hydroxylation is 3. The molecule has 0 unspecified atom stereocenters. The maximum Gasteiger partial charge on any atom is 0.226 e. The van der Waals surface area contributed by atoms with E-state index in [0.29, 0.717) is 24.6 Å². The number of hydrogen-bond acceptors (Lipinski definition) is 7. The van der Waals surface area contributed by atoms with Gasteiger partial charge in [0.15, 0.2) is 11.0 Å². The van der Waals surface area contributed by atoms with E-state index in [1.165, 1.54) is 0 Å². The van der Waals surface area contributed by atoms with Crippen molar-refractivity contribution in [2.75, 3.05) is 31.1 Å². The molecule has 0 spiro atoms. The molecule has 3 heterocycles. The van der Waals surface area contributed by atoms with Crippen molar-refractivity contribution in [1.82, 2.24) is 20.0 Å². The van der Waals surface area contributed by atoms with E-state index >= 15 is 0 Å². The van der Waals surface area contributed by atoms with Gasteiger partial charge in [0.25, 0.3) is 0 Å². The van der Waals surface area contributed by atoms with Crippen molar-refractivity contribution in [3.63, 3.8) is 0 Å². The minimum Gasteiger partial charge on any atom is -0.345 e. The molecule has 1 amide bonds. The molecule has 0 bridgehead atoms. The van der Waals surface area contributed by atoms with E-state index in [2.05, 4.69) is 25.4 Å². The topological polar surface area (TPSA) is 75.4 Å². The summed E-state index contributed by atoms with van der Waals surface area (Å²) in [4.78, 5) is 25.1. The fourth-order valence-corrected chi connectivity index (χ4v) is 3.48. The van der Waals surface area contributed by atoms with Crippen molar-refractivity contribution < 1.29 is 9.32 Å². The number of nitrogens with zero attached hydrogens (tertiary/aromatic N) is 5. The van der Waals surface area contributed by atoms with Crippen LogP contribution in [0.2, 0.25) is 0 Å². The standard InChI is InChI=1S/C15H21N5O2S/c1-11-10-23-15(16-11)20-8-6-19(7-9-20)14(21)5-3-4-13-17-12(2)18-22-13/h10H,3-9H2,1-2H3. The molecule has 0 atom stereocenters. The third-order valence-electron chi connectivity index (χ3n) is 3.86. The van der Waals surface area contributed by atoms with Crippen LogP contribution in [0.4, 0.5) is 5.13 Å². The number of amides is 1. The molecule has 8 heteroatoms. The highest BCUT2D eigenvalue weighted by Gasteiger charge is 2.22. The molecule has 1 aliphatic rings. The Morgan fingerprint density at radius 1 is 1.26 bits per heavy atom. The zero-order chi connectivity index (χ0) is 16.2. The first-order valence-electron chi connectivity index (χ1n) is 7.86. The number of carbonyl (C=O) groups excluding carboxylic acids is 1. The molecule has 0 N–H and O–H groups in total. The lowest BCUT2D eigenvalue weighted by Crippen LogP contribution is -2.48. The fraction of sp³-hybridized carbons (Fsp3) is 0.600. The van der Waals surface area contributed by atoms with Crippen LogP contribution in [0.1, 0.15) is 30.3 Å². The first-order valence-corrected chi connectivity index (χ1v) is 8.74. The molecule has 1 aliphatic heterocycles. The van der Waals surface area contributed by atoms with Crippen LogP contribution < -0.4 is 4.90 Å². The molecule has 2 aromatic rings. The summed E-state index contributed by atoms with van der Waals surface area (Å²) in [5, 5.41) is 6.87. The zero-order valence-corrected chi connectivity index (χ0v) is 14.3. The average molecular weight is 335 g/mol. The van der Waals surface area contributed by atoms with Crippen LogP contribution in [0.3, 0.4) is 0 Å². The average Bonchev–Trinajstić information content (AvgIpc) is 3.16. The third-order valence-corrected chi connectivity index (χ3v) is 4.88. The van der Waals surface area contributed by atoms with Crippen LogP contribution in [0.25, 0.3) is 0 Å². The first-order chi connectivity index (χ1) is 11.1. The number of hydrogen-bond donors (Lipinski definition) is 0. The summed E-state index contributed by atoms with van der Waals surface area (Å²) in [5.41, 5.74) is 1.06. The van der Waals surface area contributed by atoms with Crippen LogP contribution in [-0.2, 0) is 11.2 Å². The monoisotopic (exact) mass is 335 g/mol. The molecule has 0 radical (unpaired) electrons. The van der Waals surface area contributed by atoms with Gasteiger partial charge in [0.1, 0.15) is 0 Å². The van der Waals surface area contributed by atoms with Gasteiger partial charge in [-0.15, -0.1) is 11.3 Å². The molecule has 0 saturated carbocycles. The second kappa shape index (κ2) is 7.08. The van der Waals surface area contributed by atoms with Gasteiger partial charge >= 0.3 is 0 Å². The van der Waals surface area contributed by atoms with Crippen molar-refractivity contribution in [1.29, 1.82) is 0 Å². The Balaban J connectivity index is 1.41. The SMILES string of the molecule is Cc1csc(N2CCN(C(=O)CCCc3nc(C)no3)CC2)n1.